The number of carbonyl (C=O) groups is 1. The van der Waals surface area contributed by atoms with Crippen LogP contribution in [0.1, 0.15) is 47.6 Å². The number of amides is 1. The van der Waals surface area contributed by atoms with Crippen LogP contribution in [-0.4, -0.2) is 20.9 Å². The summed E-state index contributed by atoms with van der Waals surface area (Å²) in [5.41, 5.74) is 3.66. The molecule has 0 fully saturated rings. The van der Waals surface area contributed by atoms with Crippen LogP contribution in [0.25, 0.3) is 11.0 Å². The molecular formula is C20H21N5O2. The van der Waals surface area contributed by atoms with Crippen LogP contribution in [0.5, 0.6) is 0 Å². The fourth-order valence-corrected chi connectivity index (χ4v) is 3.22. The number of aromatic amines is 2. The SMILES string of the molecule is Cc1[nH]c(=O)c(C#N)c(C)c1CCC(=O)NC(C)c1nc2ccccc2[nH]1. The number of pyridine rings is 1. The Balaban J connectivity index is 1.68. The Bertz CT molecular complexity index is 1070. The number of para-hydroxylation sites is 2. The van der Waals surface area contributed by atoms with Crippen molar-refractivity contribution in [1.82, 2.24) is 20.3 Å². The normalized spacial score (nSPS) is 11.9. The first kappa shape index (κ1) is 18.4. The van der Waals surface area contributed by atoms with Crippen molar-refractivity contribution in [1.29, 1.82) is 5.26 Å². The number of nitrogens with zero attached hydrogens (tertiary/aromatic N) is 2. The maximum atomic E-state index is 12.4. The van der Waals surface area contributed by atoms with Gasteiger partial charge in [0.25, 0.3) is 5.56 Å². The summed E-state index contributed by atoms with van der Waals surface area (Å²) < 4.78 is 0. The Morgan fingerprint density at radius 1 is 1.30 bits per heavy atom. The maximum absolute atomic E-state index is 12.4. The molecular weight excluding hydrogens is 342 g/mol. The molecule has 2 heterocycles. The van der Waals surface area contributed by atoms with Crippen molar-refractivity contribution in [3.63, 3.8) is 0 Å². The van der Waals surface area contributed by atoms with E-state index in [0.29, 0.717) is 23.5 Å². The first-order valence-electron chi connectivity index (χ1n) is 8.77. The number of imidazole rings is 1. The number of hydrogen-bond acceptors (Lipinski definition) is 4. The Kier molecular flexibility index (Phi) is 5.08. The minimum Gasteiger partial charge on any atom is -0.346 e. The fraction of sp³-hybridized carbons (Fsp3) is 0.300. The molecule has 0 aliphatic heterocycles. The summed E-state index contributed by atoms with van der Waals surface area (Å²) in [6.45, 7) is 5.39. The van der Waals surface area contributed by atoms with E-state index in [0.717, 1.165) is 16.6 Å². The van der Waals surface area contributed by atoms with E-state index in [9.17, 15) is 9.59 Å². The standard InChI is InChI=1S/C20H21N5O2/c1-11-14(12(2)23-20(27)15(11)10-21)8-9-18(26)22-13(3)19-24-16-6-4-5-7-17(16)25-19/h4-7,13H,8-9H2,1-3H3,(H,22,26)(H,23,27)(H,24,25). The number of carbonyl (C=O) groups excluding carboxylic acids is 1. The largest absolute Gasteiger partial charge is 0.346 e. The van der Waals surface area contributed by atoms with E-state index in [2.05, 4.69) is 20.3 Å². The van der Waals surface area contributed by atoms with Gasteiger partial charge in [0.15, 0.2) is 0 Å². The molecule has 1 amide bonds. The van der Waals surface area contributed by atoms with Crippen molar-refractivity contribution >= 4 is 16.9 Å². The third-order valence-electron chi connectivity index (χ3n) is 4.72. The van der Waals surface area contributed by atoms with E-state index in [1.807, 2.05) is 37.3 Å². The van der Waals surface area contributed by atoms with Gasteiger partial charge in [-0.1, -0.05) is 12.1 Å². The highest BCUT2D eigenvalue weighted by Gasteiger charge is 2.16. The van der Waals surface area contributed by atoms with Crippen molar-refractivity contribution in [2.45, 2.75) is 39.7 Å². The molecule has 0 aliphatic rings. The zero-order valence-electron chi connectivity index (χ0n) is 15.5. The van der Waals surface area contributed by atoms with Crippen LogP contribution in [0.3, 0.4) is 0 Å². The molecule has 3 rings (SSSR count). The zero-order chi connectivity index (χ0) is 19.6. The highest BCUT2D eigenvalue weighted by molar-refractivity contribution is 5.77. The smallest absolute Gasteiger partial charge is 0.266 e. The van der Waals surface area contributed by atoms with Crippen LogP contribution in [0.2, 0.25) is 0 Å². The average Bonchev–Trinajstić information content (AvgIpc) is 3.06. The minimum absolute atomic E-state index is 0.103. The summed E-state index contributed by atoms with van der Waals surface area (Å²) >= 11 is 0. The quantitative estimate of drug-likeness (QED) is 0.646. The Labute approximate surface area is 156 Å². The van der Waals surface area contributed by atoms with E-state index in [1.54, 1.807) is 13.8 Å². The van der Waals surface area contributed by atoms with Gasteiger partial charge < -0.3 is 15.3 Å². The second kappa shape index (κ2) is 7.46. The lowest BCUT2D eigenvalue weighted by molar-refractivity contribution is -0.121. The maximum Gasteiger partial charge on any atom is 0.266 e. The Morgan fingerprint density at radius 2 is 2.04 bits per heavy atom. The molecule has 1 atom stereocenters. The molecule has 0 spiro atoms. The number of aryl methyl sites for hydroxylation is 1. The van der Waals surface area contributed by atoms with Crippen LogP contribution >= 0.6 is 0 Å². The molecule has 3 N–H and O–H groups in total. The lowest BCUT2D eigenvalue weighted by atomic mass is 9.99. The van der Waals surface area contributed by atoms with Gasteiger partial charge in [0.2, 0.25) is 5.91 Å². The molecule has 0 radical (unpaired) electrons. The molecule has 27 heavy (non-hydrogen) atoms. The van der Waals surface area contributed by atoms with Crippen molar-refractivity contribution in [2.75, 3.05) is 0 Å². The summed E-state index contributed by atoms with van der Waals surface area (Å²) in [4.78, 5) is 34.6. The second-order valence-electron chi connectivity index (χ2n) is 6.60. The summed E-state index contributed by atoms with van der Waals surface area (Å²) in [6, 6.07) is 9.38. The molecule has 3 aromatic rings. The first-order chi connectivity index (χ1) is 12.9. The second-order valence-corrected chi connectivity index (χ2v) is 6.60. The van der Waals surface area contributed by atoms with Crippen molar-refractivity contribution < 1.29 is 4.79 Å². The number of nitriles is 1. The lowest BCUT2D eigenvalue weighted by Crippen LogP contribution is -2.28. The predicted octanol–water partition coefficient (Wildman–Crippen LogP) is 2.55. The van der Waals surface area contributed by atoms with E-state index in [-0.39, 0.29) is 29.5 Å². The first-order valence-corrected chi connectivity index (χ1v) is 8.77. The van der Waals surface area contributed by atoms with Crippen LogP contribution in [0.15, 0.2) is 29.1 Å². The van der Waals surface area contributed by atoms with Crippen molar-refractivity contribution in [3.05, 3.63) is 62.8 Å². The molecule has 1 unspecified atom stereocenters. The Hall–Kier alpha value is -3.40. The van der Waals surface area contributed by atoms with Crippen molar-refractivity contribution in [2.24, 2.45) is 0 Å². The van der Waals surface area contributed by atoms with Gasteiger partial charge in [0.05, 0.1) is 17.1 Å². The van der Waals surface area contributed by atoms with Crippen LogP contribution < -0.4 is 10.9 Å². The molecule has 1 aromatic carbocycles. The summed E-state index contributed by atoms with van der Waals surface area (Å²) in [5.74, 6) is 0.583. The molecule has 138 valence electrons. The van der Waals surface area contributed by atoms with Gasteiger partial charge in [0, 0.05) is 12.1 Å². The summed E-state index contributed by atoms with van der Waals surface area (Å²) in [5, 5.41) is 12.1. The molecule has 0 aliphatic carbocycles. The molecule has 0 bridgehead atoms. The highest BCUT2D eigenvalue weighted by atomic mass is 16.1. The highest BCUT2D eigenvalue weighted by Crippen LogP contribution is 2.17. The average molecular weight is 363 g/mol. The van der Waals surface area contributed by atoms with Crippen LogP contribution in [0.4, 0.5) is 0 Å². The van der Waals surface area contributed by atoms with Gasteiger partial charge in [-0.05, 0) is 50.5 Å². The van der Waals surface area contributed by atoms with E-state index in [1.165, 1.54) is 0 Å². The lowest BCUT2D eigenvalue weighted by Gasteiger charge is -2.13. The number of nitrogens with one attached hydrogen (secondary N) is 3. The van der Waals surface area contributed by atoms with Crippen LogP contribution in [-0.2, 0) is 11.2 Å². The minimum atomic E-state index is -0.390. The fourth-order valence-electron chi connectivity index (χ4n) is 3.22. The summed E-state index contributed by atoms with van der Waals surface area (Å²) in [6.07, 6.45) is 0.699. The van der Waals surface area contributed by atoms with Gasteiger partial charge >= 0.3 is 0 Å². The monoisotopic (exact) mass is 363 g/mol. The van der Waals surface area contributed by atoms with E-state index in [4.69, 9.17) is 5.26 Å². The number of fused-ring (bicyclic) bond motifs is 1. The zero-order valence-corrected chi connectivity index (χ0v) is 15.5. The van der Waals surface area contributed by atoms with Crippen LogP contribution in [0, 0.1) is 25.2 Å². The molecule has 7 heteroatoms. The van der Waals surface area contributed by atoms with Gasteiger partial charge in [-0.25, -0.2) is 4.98 Å². The van der Waals surface area contributed by atoms with Gasteiger partial charge in [-0.3, -0.25) is 9.59 Å². The Morgan fingerprint density at radius 3 is 2.74 bits per heavy atom. The third kappa shape index (κ3) is 3.75. The number of benzene rings is 1. The van der Waals surface area contributed by atoms with Gasteiger partial charge in [0.1, 0.15) is 17.5 Å². The molecule has 7 nitrogen and oxygen atoms in total. The number of rotatable bonds is 5. The molecule has 0 saturated carbocycles. The number of H-pyrrole nitrogens is 2. The third-order valence-corrected chi connectivity index (χ3v) is 4.72. The van der Waals surface area contributed by atoms with Crippen molar-refractivity contribution in [3.8, 4) is 6.07 Å². The molecule has 2 aromatic heterocycles. The number of hydrogen-bond donors (Lipinski definition) is 3. The summed E-state index contributed by atoms with van der Waals surface area (Å²) in [7, 11) is 0. The van der Waals surface area contributed by atoms with E-state index < -0.39 is 0 Å². The van der Waals surface area contributed by atoms with Gasteiger partial charge in [-0.15, -0.1) is 0 Å². The van der Waals surface area contributed by atoms with Gasteiger partial charge in [-0.2, -0.15) is 5.26 Å². The molecule has 0 saturated heterocycles. The van der Waals surface area contributed by atoms with E-state index >= 15 is 0 Å². The predicted molar refractivity (Wildman–Crippen MR) is 102 cm³/mol. The topological polar surface area (TPSA) is 114 Å². The number of aromatic nitrogens is 3.